The molecule has 0 aromatic heterocycles. The Balaban J connectivity index is 2.35. The molecule has 2 aromatic carbocycles. The molecule has 20 heavy (non-hydrogen) atoms. The van der Waals surface area contributed by atoms with Gasteiger partial charge >= 0.3 is 0 Å². The molecule has 0 N–H and O–H groups in total. The molecule has 3 heteroatoms. The number of alkyl halides is 1. The van der Waals surface area contributed by atoms with E-state index in [0.29, 0.717) is 11.8 Å². The lowest BCUT2D eigenvalue weighted by Crippen LogP contribution is -1.94. The van der Waals surface area contributed by atoms with Gasteiger partial charge in [0.25, 0.3) is 0 Å². The molecule has 0 radical (unpaired) electrons. The fourth-order valence-corrected chi connectivity index (χ4v) is 2.64. The molecule has 0 saturated carbocycles. The normalized spacial score (nSPS) is 10.9. The Bertz CT molecular complexity index is 606. The van der Waals surface area contributed by atoms with Crippen LogP contribution in [-0.4, -0.2) is 0 Å². The fourth-order valence-electron chi connectivity index (χ4n) is 2.04. The first-order chi connectivity index (χ1) is 9.51. The first kappa shape index (κ1) is 15.2. The average Bonchev–Trinajstić information content (AvgIpc) is 2.41. The molecule has 0 spiro atoms. The van der Waals surface area contributed by atoms with E-state index in [9.17, 15) is 0 Å². The molecule has 2 rings (SSSR count). The third kappa shape index (κ3) is 3.47. The molecule has 2 aromatic rings. The molecular formula is C17H18Cl2O. The van der Waals surface area contributed by atoms with Gasteiger partial charge in [0.15, 0.2) is 0 Å². The van der Waals surface area contributed by atoms with Gasteiger partial charge in [-0.1, -0.05) is 37.6 Å². The van der Waals surface area contributed by atoms with Crippen LogP contribution >= 0.6 is 23.2 Å². The summed E-state index contributed by atoms with van der Waals surface area (Å²) in [7, 11) is 0. The van der Waals surface area contributed by atoms with Crippen LogP contribution in [0, 0.1) is 6.92 Å². The maximum Gasteiger partial charge on any atom is 0.130 e. The second-order valence-electron chi connectivity index (χ2n) is 5.18. The second kappa shape index (κ2) is 6.51. The SMILES string of the molecule is Cc1cc(Cl)c(C(C)C)cc1Oc1cccc(CCl)c1. The summed E-state index contributed by atoms with van der Waals surface area (Å²) in [6.07, 6.45) is 0. The fraction of sp³-hybridized carbons (Fsp3) is 0.294. The summed E-state index contributed by atoms with van der Waals surface area (Å²) in [6, 6.07) is 11.8. The molecular weight excluding hydrogens is 291 g/mol. The smallest absolute Gasteiger partial charge is 0.130 e. The van der Waals surface area contributed by atoms with Crippen molar-refractivity contribution >= 4 is 23.2 Å². The highest BCUT2D eigenvalue weighted by molar-refractivity contribution is 6.31. The first-order valence-electron chi connectivity index (χ1n) is 6.64. The van der Waals surface area contributed by atoms with E-state index < -0.39 is 0 Å². The lowest BCUT2D eigenvalue weighted by molar-refractivity contribution is 0.477. The zero-order chi connectivity index (χ0) is 14.7. The van der Waals surface area contributed by atoms with Crippen LogP contribution in [0.5, 0.6) is 11.5 Å². The van der Waals surface area contributed by atoms with E-state index in [1.54, 1.807) is 0 Å². The van der Waals surface area contributed by atoms with Crippen molar-refractivity contribution in [3.63, 3.8) is 0 Å². The van der Waals surface area contributed by atoms with Crippen molar-refractivity contribution in [3.8, 4) is 11.5 Å². The van der Waals surface area contributed by atoms with E-state index in [4.69, 9.17) is 27.9 Å². The summed E-state index contributed by atoms with van der Waals surface area (Å²) < 4.78 is 5.98. The minimum atomic E-state index is 0.361. The predicted octanol–water partition coefficient (Wildman–Crippen LogP) is 6.30. The monoisotopic (exact) mass is 308 g/mol. The first-order valence-corrected chi connectivity index (χ1v) is 7.55. The Labute approximate surface area is 130 Å². The predicted molar refractivity (Wildman–Crippen MR) is 86.4 cm³/mol. The summed E-state index contributed by atoms with van der Waals surface area (Å²) in [4.78, 5) is 0. The van der Waals surface area contributed by atoms with Crippen LogP contribution in [0.3, 0.4) is 0 Å². The van der Waals surface area contributed by atoms with Gasteiger partial charge in [-0.25, -0.2) is 0 Å². The third-order valence-electron chi connectivity index (χ3n) is 3.20. The van der Waals surface area contributed by atoms with E-state index >= 15 is 0 Å². The van der Waals surface area contributed by atoms with Crippen molar-refractivity contribution in [3.05, 3.63) is 58.1 Å². The zero-order valence-corrected chi connectivity index (χ0v) is 13.4. The van der Waals surface area contributed by atoms with Gasteiger partial charge < -0.3 is 4.74 Å². The zero-order valence-electron chi connectivity index (χ0n) is 11.9. The molecule has 0 bridgehead atoms. The van der Waals surface area contributed by atoms with Gasteiger partial charge in [0, 0.05) is 10.9 Å². The standard InChI is InChI=1S/C17H18Cl2O/c1-11(2)15-9-17(12(3)7-16(15)19)20-14-6-4-5-13(8-14)10-18/h4-9,11H,10H2,1-3H3. The Morgan fingerprint density at radius 1 is 1.15 bits per heavy atom. The van der Waals surface area contributed by atoms with Crippen LogP contribution in [0.25, 0.3) is 0 Å². The average molecular weight is 309 g/mol. The Morgan fingerprint density at radius 2 is 1.90 bits per heavy atom. The number of hydrogen-bond donors (Lipinski definition) is 0. The number of aryl methyl sites for hydroxylation is 1. The van der Waals surface area contributed by atoms with Crippen molar-refractivity contribution < 1.29 is 4.74 Å². The van der Waals surface area contributed by atoms with E-state index in [-0.39, 0.29) is 0 Å². The van der Waals surface area contributed by atoms with Gasteiger partial charge in [-0.2, -0.15) is 0 Å². The molecule has 0 atom stereocenters. The summed E-state index contributed by atoms with van der Waals surface area (Å²) in [6.45, 7) is 6.24. The molecule has 0 aliphatic heterocycles. The summed E-state index contributed by atoms with van der Waals surface area (Å²) in [5.74, 6) is 2.47. The van der Waals surface area contributed by atoms with E-state index in [2.05, 4.69) is 13.8 Å². The highest BCUT2D eigenvalue weighted by Crippen LogP contribution is 2.34. The molecule has 106 valence electrons. The highest BCUT2D eigenvalue weighted by Gasteiger charge is 2.11. The Kier molecular flexibility index (Phi) is 4.95. The van der Waals surface area contributed by atoms with Crippen LogP contribution in [0.4, 0.5) is 0 Å². The summed E-state index contributed by atoms with van der Waals surface area (Å²) in [5.41, 5.74) is 3.16. The van der Waals surface area contributed by atoms with E-state index in [1.165, 1.54) is 0 Å². The van der Waals surface area contributed by atoms with Gasteiger partial charge in [-0.3, -0.25) is 0 Å². The quantitative estimate of drug-likeness (QED) is 0.602. The Morgan fingerprint density at radius 3 is 2.55 bits per heavy atom. The molecule has 0 heterocycles. The second-order valence-corrected chi connectivity index (χ2v) is 5.85. The maximum absolute atomic E-state index is 6.27. The lowest BCUT2D eigenvalue weighted by atomic mass is 10.0. The summed E-state index contributed by atoms with van der Waals surface area (Å²) >= 11 is 12.1. The molecule has 0 fully saturated rings. The highest BCUT2D eigenvalue weighted by atomic mass is 35.5. The van der Waals surface area contributed by atoms with Crippen LogP contribution in [0.2, 0.25) is 5.02 Å². The van der Waals surface area contributed by atoms with Crippen LogP contribution in [0.15, 0.2) is 36.4 Å². The molecule has 0 aliphatic carbocycles. The van der Waals surface area contributed by atoms with Gasteiger partial charge in [0.1, 0.15) is 11.5 Å². The maximum atomic E-state index is 6.27. The van der Waals surface area contributed by atoms with Crippen LogP contribution < -0.4 is 4.74 Å². The topological polar surface area (TPSA) is 9.23 Å². The minimum absolute atomic E-state index is 0.361. The number of rotatable bonds is 4. The van der Waals surface area contributed by atoms with Crippen molar-refractivity contribution in [1.29, 1.82) is 0 Å². The third-order valence-corrected chi connectivity index (χ3v) is 3.83. The molecule has 0 unspecified atom stereocenters. The summed E-state index contributed by atoms with van der Waals surface area (Å²) in [5, 5.41) is 0.791. The van der Waals surface area contributed by atoms with Crippen molar-refractivity contribution in [2.75, 3.05) is 0 Å². The van der Waals surface area contributed by atoms with Crippen LogP contribution in [-0.2, 0) is 5.88 Å². The van der Waals surface area contributed by atoms with E-state index in [0.717, 1.165) is 33.2 Å². The molecule has 0 saturated heterocycles. The van der Waals surface area contributed by atoms with Gasteiger partial charge in [0.05, 0.1) is 0 Å². The van der Waals surface area contributed by atoms with Crippen molar-refractivity contribution in [1.82, 2.24) is 0 Å². The van der Waals surface area contributed by atoms with Crippen molar-refractivity contribution in [2.45, 2.75) is 32.6 Å². The Hall–Kier alpha value is -1.18. The van der Waals surface area contributed by atoms with Gasteiger partial charge in [-0.15, -0.1) is 11.6 Å². The lowest BCUT2D eigenvalue weighted by Gasteiger charge is -2.14. The largest absolute Gasteiger partial charge is 0.457 e. The number of ether oxygens (including phenoxy) is 1. The van der Waals surface area contributed by atoms with Gasteiger partial charge in [-0.05, 0) is 53.8 Å². The molecule has 0 amide bonds. The van der Waals surface area contributed by atoms with Crippen molar-refractivity contribution in [2.24, 2.45) is 0 Å². The molecule has 1 nitrogen and oxygen atoms in total. The molecule has 0 aliphatic rings. The minimum Gasteiger partial charge on any atom is -0.457 e. The number of halogens is 2. The van der Waals surface area contributed by atoms with Gasteiger partial charge in [0.2, 0.25) is 0 Å². The van der Waals surface area contributed by atoms with Crippen LogP contribution in [0.1, 0.15) is 36.5 Å². The number of benzene rings is 2. The number of hydrogen-bond acceptors (Lipinski definition) is 1. The van der Waals surface area contributed by atoms with E-state index in [1.807, 2.05) is 43.3 Å².